The summed E-state index contributed by atoms with van der Waals surface area (Å²) in [7, 11) is 0. The molecule has 1 aromatic heterocycles. The van der Waals surface area contributed by atoms with Gasteiger partial charge in [-0.25, -0.2) is 4.98 Å². The number of hydrogen-bond acceptors (Lipinski definition) is 4. The normalized spacial score (nSPS) is 30.6. The van der Waals surface area contributed by atoms with Gasteiger partial charge in [0.1, 0.15) is 10.5 Å². The fourth-order valence-corrected chi connectivity index (χ4v) is 3.13. The number of hydrogen-bond donors (Lipinski definition) is 1. The number of aromatic amines is 1. The van der Waals surface area contributed by atoms with Crippen LogP contribution in [0.1, 0.15) is 38.3 Å². The minimum Gasteiger partial charge on any atom is -0.345 e. The molecule has 4 rings (SSSR count). The molecule has 1 aromatic rings. The van der Waals surface area contributed by atoms with Crippen LogP contribution in [0.15, 0.2) is 6.07 Å². The Bertz CT molecular complexity index is 523. The molecular weight excluding hydrogens is 256 g/mol. The molecule has 3 fully saturated rings. The van der Waals surface area contributed by atoms with Crippen molar-refractivity contribution in [1.29, 1.82) is 0 Å². The maximum absolute atomic E-state index is 5.35. The lowest BCUT2D eigenvalue weighted by atomic mass is 9.92. The van der Waals surface area contributed by atoms with E-state index in [0.29, 0.717) is 10.7 Å². The molecular formula is C14H22N4S. The third-order valence-corrected chi connectivity index (χ3v) is 4.37. The summed E-state index contributed by atoms with van der Waals surface area (Å²) in [6, 6.07) is 2.38. The summed E-state index contributed by atoms with van der Waals surface area (Å²) in [5, 5.41) is 0. The zero-order valence-corrected chi connectivity index (χ0v) is 12.8. The van der Waals surface area contributed by atoms with Crippen LogP contribution in [0.25, 0.3) is 0 Å². The smallest absolute Gasteiger partial charge is 0.130 e. The summed E-state index contributed by atoms with van der Waals surface area (Å²) in [6.45, 7) is 12.4. The fourth-order valence-electron chi connectivity index (χ4n) is 2.92. The molecule has 0 spiro atoms. The molecule has 4 nitrogen and oxygen atoms in total. The Morgan fingerprint density at radius 2 is 1.95 bits per heavy atom. The van der Waals surface area contributed by atoms with Crippen molar-refractivity contribution in [3.8, 4) is 0 Å². The molecule has 1 unspecified atom stereocenters. The lowest BCUT2D eigenvalue weighted by Gasteiger charge is -2.47. The first-order valence-corrected chi connectivity index (χ1v) is 7.42. The summed E-state index contributed by atoms with van der Waals surface area (Å²) in [4.78, 5) is 13.2. The topological polar surface area (TPSA) is 35.2 Å². The first-order valence-electron chi connectivity index (χ1n) is 7.01. The van der Waals surface area contributed by atoms with E-state index in [-0.39, 0.29) is 5.41 Å². The minimum absolute atomic E-state index is 0.0779. The number of nitrogens with one attached hydrogen (secondary N) is 1. The molecule has 2 bridgehead atoms. The quantitative estimate of drug-likeness (QED) is 0.798. The zero-order valence-electron chi connectivity index (χ0n) is 11.9. The van der Waals surface area contributed by atoms with E-state index in [2.05, 4.69) is 40.5 Å². The number of rotatable bonds is 1. The van der Waals surface area contributed by atoms with Gasteiger partial charge < -0.3 is 4.98 Å². The molecule has 3 aliphatic heterocycles. The Balaban J connectivity index is 1.97. The van der Waals surface area contributed by atoms with Gasteiger partial charge in [0.15, 0.2) is 0 Å². The van der Waals surface area contributed by atoms with Crippen LogP contribution >= 0.6 is 12.2 Å². The molecule has 104 valence electrons. The van der Waals surface area contributed by atoms with E-state index in [1.54, 1.807) is 0 Å². The highest BCUT2D eigenvalue weighted by Gasteiger charge is 2.34. The van der Waals surface area contributed by atoms with Crippen molar-refractivity contribution in [2.45, 2.75) is 32.2 Å². The first-order chi connectivity index (χ1) is 8.93. The van der Waals surface area contributed by atoms with E-state index < -0.39 is 0 Å². The number of fused-ring (bicyclic) bond motifs is 3. The van der Waals surface area contributed by atoms with Crippen LogP contribution in [0.5, 0.6) is 0 Å². The Morgan fingerprint density at radius 1 is 1.26 bits per heavy atom. The van der Waals surface area contributed by atoms with Crippen LogP contribution in [0.4, 0.5) is 0 Å². The van der Waals surface area contributed by atoms with Gasteiger partial charge in [-0.1, -0.05) is 33.0 Å². The molecule has 3 saturated heterocycles. The summed E-state index contributed by atoms with van der Waals surface area (Å²) in [5.41, 5.74) is 1.26. The second-order valence-electron chi connectivity index (χ2n) is 6.62. The molecule has 0 saturated carbocycles. The standard InChI is InChI=1S/C14H22N4S/c1-14(2,3)11-8-12(19)16-13(15-11)10-9-17-4-6-18(10)7-5-17/h8,10H,4-7,9H2,1-3H3,(H,15,16,19). The van der Waals surface area contributed by atoms with Crippen LogP contribution in [0, 0.1) is 4.64 Å². The zero-order chi connectivity index (χ0) is 13.6. The number of nitrogens with zero attached hydrogens (tertiary/aromatic N) is 3. The van der Waals surface area contributed by atoms with E-state index >= 15 is 0 Å². The van der Waals surface area contributed by atoms with Gasteiger partial charge in [-0.15, -0.1) is 0 Å². The molecule has 0 aliphatic carbocycles. The van der Waals surface area contributed by atoms with Gasteiger partial charge in [0.05, 0.1) is 6.04 Å². The van der Waals surface area contributed by atoms with Gasteiger partial charge in [0, 0.05) is 43.8 Å². The van der Waals surface area contributed by atoms with Crippen molar-refractivity contribution >= 4 is 12.2 Å². The molecule has 3 aliphatic rings. The van der Waals surface area contributed by atoms with Crippen LogP contribution in [0.3, 0.4) is 0 Å². The van der Waals surface area contributed by atoms with Crippen molar-refractivity contribution in [3.63, 3.8) is 0 Å². The third kappa shape index (κ3) is 2.59. The Hall–Kier alpha value is -0.780. The highest BCUT2D eigenvalue weighted by molar-refractivity contribution is 7.71. The van der Waals surface area contributed by atoms with Crippen molar-refractivity contribution in [2.24, 2.45) is 0 Å². The highest BCUT2D eigenvalue weighted by atomic mass is 32.1. The average Bonchev–Trinajstić information content (AvgIpc) is 2.38. The summed E-state index contributed by atoms with van der Waals surface area (Å²) in [5.74, 6) is 1.04. The molecule has 19 heavy (non-hydrogen) atoms. The largest absolute Gasteiger partial charge is 0.345 e. The summed E-state index contributed by atoms with van der Waals surface area (Å²) in [6.07, 6.45) is 0. The van der Waals surface area contributed by atoms with Crippen molar-refractivity contribution in [2.75, 3.05) is 32.7 Å². The lowest BCUT2D eigenvalue weighted by Crippen LogP contribution is -2.57. The predicted molar refractivity (Wildman–Crippen MR) is 78.9 cm³/mol. The minimum atomic E-state index is 0.0779. The van der Waals surface area contributed by atoms with Crippen LogP contribution in [-0.2, 0) is 5.41 Å². The summed E-state index contributed by atoms with van der Waals surface area (Å²) >= 11 is 5.35. The molecule has 0 amide bonds. The van der Waals surface area contributed by atoms with E-state index in [1.165, 1.54) is 18.8 Å². The first kappa shape index (κ1) is 13.2. The fraction of sp³-hybridized carbons (Fsp3) is 0.714. The van der Waals surface area contributed by atoms with Crippen LogP contribution < -0.4 is 0 Å². The van der Waals surface area contributed by atoms with Crippen molar-refractivity contribution < 1.29 is 0 Å². The number of H-pyrrole nitrogens is 1. The average molecular weight is 278 g/mol. The predicted octanol–water partition coefficient (Wildman–Crippen LogP) is 2.11. The molecule has 1 atom stereocenters. The Morgan fingerprint density at radius 3 is 2.47 bits per heavy atom. The van der Waals surface area contributed by atoms with Gasteiger partial charge >= 0.3 is 0 Å². The Kier molecular flexibility index (Phi) is 3.23. The lowest BCUT2D eigenvalue weighted by molar-refractivity contribution is 0.00844. The second-order valence-corrected chi connectivity index (χ2v) is 7.04. The second kappa shape index (κ2) is 4.65. The molecule has 0 aromatic carbocycles. The van der Waals surface area contributed by atoms with Crippen molar-refractivity contribution in [1.82, 2.24) is 19.8 Å². The number of piperazine rings is 3. The maximum atomic E-state index is 5.35. The SMILES string of the molecule is CC(C)(C)c1cc(=S)nc(C2CN3CCN2CC3)[nH]1. The van der Waals surface area contributed by atoms with E-state index in [9.17, 15) is 0 Å². The molecule has 0 radical (unpaired) electrons. The van der Waals surface area contributed by atoms with Gasteiger partial charge in [-0.05, 0) is 6.07 Å². The summed E-state index contributed by atoms with van der Waals surface area (Å²) < 4.78 is 0.705. The van der Waals surface area contributed by atoms with Crippen molar-refractivity contribution in [3.05, 3.63) is 22.2 Å². The Labute approximate surface area is 119 Å². The van der Waals surface area contributed by atoms with Crippen LogP contribution in [-0.4, -0.2) is 52.5 Å². The maximum Gasteiger partial charge on any atom is 0.130 e. The molecule has 1 N–H and O–H groups in total. The van der Waals surface area contributed by atoms with Gasteiger partial charge in [-0.2, -0.15) is 0 Å². The van der Waals surface area contributed by atoms with Crippen LogP contribution in [0.2, 0.25) is 0 Å². The number of aromatic nitrogens is 2. The van der Waals surface area contributed by atoms with Gasteiger partial charge in [0.25, 0.3) is 0 Å². The van der Waals surface area contributed by atoms with Gasteiger partial charge in [-0.3, -0.25) is 9.80 Å². The molecule has 5 heteroatoms. The van der Waals surface area contributed by atoms with E-state index in [4.69, 9.17) is 12.2 Å². The third-order valence-electron chi connectivity index (χ3n) is 4.16. The van der Waals surface area contributed by atoms with E-state index in [1.807, 2.05) is 6.07 Å². The van der Waals surface area contributed by atoms with Gasteiger partial charge in [0.2, 0.25) is 0 Å². The molecule has 4 heterocycles. The highest BCUT2D eigenvalue weighted by Crippen LogP contribution is 2.28. The monoisotopic (exact) mass is 278 g/mol. The van der Waals surface area contributed by atoms with E-state index in [0.717, 1.165) is 25.5 Å².